The molecule has 3 aromatic rings. The van der Waals surface area contributed by atoms with Gasteiger partial charge in [0.25, 0.3) is 5.56 Å². The highest BCUT2D eigenvalue weighted by Gasteiger charge is 2.33. The minimum absolute atomic E-state index is 0.211. The maximum absolute atomic E-state index is 13.9. The van der Waals surface area contributed by atoms with Gasteiger partial charge < -0.3 is 23.7 Å². The topological polar surface area (TPSA) is 115 Å². The van der Waals surface area contributed by atoms with E-state index in [1.807, 2.05) is 18.2 Å². The lowest BCUT2D eigenvalue weighted by atomic mass is 9.95. The molecule has 0 amide bonds. The zero-order chi connectivity index (χ0) is 30.6. The summed E-state index contributed by atoms with van der Waals surface area (Å²) in [6.45, 7) is 7.82. The maximum atomic E-state index is 13.9. The third-order valence-electron chi connectivity index (χ3n) is 6.62. The largest absolute Gasteiger partial charge is 0.493 e. The standard InChI is InChI=1S/C31H34N2O8S/c1-17(2)12-13-40-22-10-8-20(14-24(22)37-5)15-26-29(35)33-28(27(30(36)39-7)18(3)32-31(33)42-26)21-9-11-23(41-19(4)34)25(16-21)38-6/h8-11,14-17,28H,12-13H2,1-7H3/b26-15+/t28-/m1/s1. The Morgan fingerprint density at radius 2 is 1.71 bits per heavy atom. The molecule has 0 bridgehead atoms. The molecule has 1 aliphatic heterocycles. The second-order valence-electron chi connectivity index (χ2n) is 10.0. The number of ether oxygens (including phenoxy) is 5. The molecule has 1 atom stereocenters. The number of benzene rings is 2. The van der Waals surface area contributed by atoms with Crippen LogP contribution in [0.1, 0.15) is 51.3 Å². The van der Waals surface area contributed by atoms with Gasteiger partial charge in [0.05, 0.1) is 49.8 Å². The van der Waals surface area contributed by atoms with E-state index in [0.29, 0.717) is 44.6 Å². The molecule has 0 fully saturated rings. The molecular formula is C31H34N2O8S. The van der Waals surface area contributed by atoms with E-state index in [4.69, 9.17) is 23.7 Å². The highest BCUT2D eigenvalue weighted by atomic mass is 32.1. The molecule has 222 valence electrons. The van der Waals surface area contributed by atoms with E-state index in [0.717, 1.165) is 12.0 Å². The Labute approximate surface area is 247 Å². The number of hydrogen-bond donors (Lipinski definition) is 0. The number of allylic oxidation sites excluding steroid dienone is 1. The molecule has 42 heavy (non-hydrogen) atoms. The van der Waals surface area contributed by atoms with E-state index in [9.17, 15) is 14.4 Å². The number of carbonyl (C=O) groups excluding carboxylic acids is 2. The summed E-state index contributed by atoms with van der Waals surface area (Å²) < 4.78 is 29.1. The summed E-state index contributed by atoms with van der Waals surface area (Å²) in [6, 6.07) is 9.49. The quantitative estimate of drug-likeness (QED) is 0.257. The Bertz CT molecular complexity index is 1720. The van der Waals surface area contributed by atoms with Crippen LogP contribution in [0.15, 0.2) is 57.5 Å². The van der Waals surface area contributed by atoms with Gasteiger partial charge in [-0.05, 0) is 60.7 Å². The average molecular weight is 595 g/mol. The third-order valence-corrected chi connectivity index (χ3v) is 7.61. The first-order chi connectivity index (χ1) is 20.1. The fraction of sp³-hybridized carbons (Fsp3) is 0.355. The highest BCUT2D eigenvalue weighted by Crippen LogP contribution is 2.36. The summed E-state index contributed by atoms with van der Waals surface area (Å²) in [6.07, 6.45) is 2.67. The van der Waals surface area contributed by atoms with Crippen LogP contribution < -0.4 is 33.8 Å². The monoisotopic (exact) mass is 594 g/mol. The van der Waals surface area contributed by atoms with Crippen LogP contribution in [0, 0.1) is 5.92 Å². The Hall–Kier alpha value is -4.38. The van der Waals surface area contributed by atoms with Crippen molar-refractivity contribution in [3.8, 4) is 23.0 Å². The average Bonchev–Trinajstić information content (AvgIpc) is 3.26. The van der Waals surface area contributed by atoms with Gasteiger partial charge in [-0.25, -0.2) is 9.79 Å². The van der Waals surface area contributed by atoms with Crippen LogP contribution >= 0.6 is 11.3 Å². The molecule has 11 heteroatoms. The SMILES string of the molecule is COC(=O)C1=C(C)N=c2s/c(=C/c3ccc(OCCC(C)C)c(OC)c3)c(=O)n2[C@@H]1c1ccc(OC(C)=O)c(OC)c1. The molecule has 2 heterocycles. The van der Waals surface area contributed by atoms with Crippen molar-refractivity contribution in [1.29, 1.82) is 0 Å². The van der Waals surface area contributed by atoms with Crippen LogP contribution in [-0.4, -0.2) is 44.4 Å². The number of nitrogens with zero attached hydrogens (tertiary/aromatic N) is 2. The van der Waals surface area contributed by atoms with Crippen molar-refractivity contribution in [2.45, 2.75) is 40.2 Å². The van der Waals surface area contributed by atoms with Gasteiger partial charge in [-0.2, -0.15) is 0 Å². The molecule has 0 spiro atoms. The Morgan fingerprint density at radius 3 is 2.36 bits per heavy atom. The second-order valence-corrected chi connectivity index (χ2v) is 11.0. The van der Waals surface area contributed by atoms with Crippen LogP contribution in [0.3, 0.4) is 0 Å². The zero-order valence-electron chi connectivity index (χ0n) is 24.7. The van der Waals surface area contributed by atoms with E-state index in [1.165, 1.54) is 37.0 Å². The highest BCUT2D eigenvalue weighted by molar-refractivity contribution is 7.07. The van der Waals surface area contributed by atoms with E-state index in [-0.39, 0.29) is 22.6 Å². The van der Waals surface area contributed by atoms with Crippen LogP contribution in [0.25, 0.3) is 6.08 Å². The number of aromatic nitrogens is 1. The van der Waals surface area contributed by atoms with Gasteiger partial charge in [-0.3, -0.25) is 14.2 Å². The number of rotatable bonds is 10. The Kier molecular flexibility index (Phi) is 9.52. The number of fused-ring (bicyclic) bond motifs is 1. The summed E-state index contributed by atoms with van der Waals surface area (Å²) in [5, 5.41) is 0. The van der Waals surface area contributed by atoms with Crippen LogP contribution in [0.5, 0.6) is 23.0 Å². The lowest BCUT2D eigenvalue weighted by molar-refractivity contribution is -0.136. The molecule has 0 N–H and O–H groups in total. The predicted octanol–water partition coefficient (Wildman–Crippen LogP) is 3.78. The summed E-state index contributed by atoms with van der Waals surface area (Å²) in [7, 11) is 4.29. The molecule has 0 aliphatic carbocycles. The van der Waals surface area contributed by atoms with Crippen molar-refractivity contribution in [2.24, 2.45) is 10.9 Å². The predicted molar refractivity (Wildman–Crippen MR) is 158 cm³/mol. The summed E-state index contributed by atoms with van der Waals surface area (Å²) in [5.74, 6) is 1.06. The van der Waals surface area contributed by atoms with Gasteiger partial charge in [-0.1, -0.05) is 37.3 Å². The molecule has 4 rings (SSSR count). The molecule has 1 aliphatic rings. The fourth-order valence-corrected chi connectivity index (χ4v) is 5.60. The van der Waals surface area contributed by atoms with Gasteiger partial charge >= 0.3 is 11.9 Å². The van der Waals surface area contributed by atoms with Crippen molar-refractivity contribution in [1.82, 2.24) is 4.57 Å². The third kappa shape index (κ3) is 6.41. The van der Waals surface area contributed by atoms with Crippen molar-refractivity contribution in [3.63, 3.8) is 0 Å². The Morgan fingerprint density at radius 1 is 1.02 bits per heavy atom. The fourth-order valence-electron chi connectivity index (χ4n) is 4.55. The lowest BCUT2D eigenvalue weighted by Gasteiger charge is -2.25. The van der Waals surface area contributed by atoms with Gasteiger partial charge in [0.1, 0.15) is 0 Å². The smallest absolute Gasteiger partial charge is 0.338 e. The van der Waals surface area contributed by atoms with Crippen molar-refractivity contribution >= 4 is 29.4 Å². The minimum Gasteiger partial charge on any atom is -0.493 e. The van der Waals surface area contributed by atoms with Gasteiger partial charge in [-0.15, -0.1) is 0 Å². The van der Waals surface area contributed by atoms with Gasteiger partial charge in [0.15, 0.2) is 27.8 Å². The van der Waals surface area contributed by atoms with Gasteiger partial charge in [0, 0.05) is 6.92 Å². The molecule has 1 aromatic heterocycles. The molecule has 0 unspecified atom stereocenters. The second kappa shape index (κ2) is 13.1. The molecule has 10 nitrogen and oxygen atoms in total. The number of methoxy groups -OCH3 is 3. The van der Waals surface area contributed by atoms with Crippen LogP contribution in [0.4, 0.5) is 0 Å². The van der Waals surface area contributed by atoms with Crippen molar-refractivity contribution in [3.05, 3.63) is 78.5 Å². The number of esters is 2. The van der Waals surface area contributed by atoms with E-state index in [1.54, 1.807) is 38.3 Å². The summed E-state index contributed by atoms with van der Waals surface area (Å²) in [5.41, 5.74) is 1.59. The molecule has 0 saturated carbocycles. The first-order valence-electron chi connectivity index (χ1n) is 13.4. The normalized spacial score (nSPS) is 14.8. The first kappa shape index (κ1) is 30.6. The first-order valence-corrected chi connectivity index (χ1v) is 14.2. The molecule has 2 aromatic carbocycles. The maximum Gasteiger partial charge on any atom is 0.338 e. The van der Waals surface area contributed by atoms with Crippen LogP contribution in [-0.2, 0) is 14.3 Å². The number of carbonyl (C=O) groups is 2. The Balaban J connectivity index is 1.83. The number of thiazole rings is 1. The lowest BCUT2D eigenvalue weighted by Crippen LogP contribution is -2.39. The summed E-state index contributed by atoms with van der Waals surface area (Å²) >= 11 is 1.21. The molecule has 0 saturated heterocycles. The zero-order valence-corrected chi connectivity index (χ0v) is 25.5. The van der Waals surface area contributed by atoms with E-state index in [2.05, 4.69) is 18.8 Å². The van der Waals surface area contributed by atoms with E-state index >= 15 is 0 Å². The summed E-state index contributed by atoms with van der Waals surface area (Å²) in [4.78, 5) is 43.5. The van der Waals surface area contributed by atoms with Crippen molar-refractivity contribution in [2.75, 3.05) is 27.9 Å². The van der Waals surface area contributed by atoms with Gasteiger partial charge in [0.2, 0.25) is 0 Å². The number of hydrogen-bond acceptors (Lipinski definition) is 10. The minimum atomic E-state index is -0.859. The molecular weight excluding hydrogens is 560 g/mol. The molecule has 0 radical (unpaired) electrons. The van der Waals surface area contributed by atoms with E-state index < -0.39 is 18.0 Å². The van der Waals surface area contributed by atoms with Crippen molar-refractivity contribution < 1.29 is 33.3 Å². The van der Waals surface area contributed by atoms with Crippen LogP contribution in [0.2, 0.25) is 0 Å².